The Morgan fingerprint density at radius 3 is 2.57 bits per heavy atom. The molecule has 28 heavy (non-hydrogen) atoms. The number of para-hydroxylation sites is 1. The Morgan fingerprint density at radius 1 is 1.18 bits per heavy atom. The molecule has 9 nitrogen and oxygen atoms in total. The van der Waals surface area contributed by atoms with Crippen LogP contribution in [0.3, 0.4) is 0 Å². The molecule has 1 aromatic carbocycles. The second-order valence-electron chi connectivity index (χ2n) is 6.96. The van der Waals surface area contributed by atoms with Gasteiger partial charge in [-0.15, -0.1) is 0 Å². The molecule has 2 heterocycles. The summed E-state index contributed by atoms with van der Waals surface area (Å²) in [6, 6.07) is 7.80. The lowest BCUT2D eigenvalue weighted by molar-refractivity contribution is -0.123. The van der Waals surface area contributed by atoms with Gasteiger partial charge < -0.3 is 16.8 Å². The largest absolute Gasteiger partial charge is 0.368 e. The average Bonchev–Trinajstić information content (AvgIpc) is 2.68. The van der Waals surface area contributed by atoms with Crippen molar-refractivity contribution >= 4 is 23.5 Å². The lowest BCUT2D eigenvalue weighted by atomic mass is 10.1. The van der Waals surface area contributed by atoms with E-state index in [1.807, 2.05) is 25.1 Å². The van der Waals surface area contributed by atoms with Crippen molar-refractivity contribution in [2.75, 3.05) is 37.2 Å². The highest BCUT2D eigenvalue weighted by Crippen LogP contribution is 2.19. The third-order valence-electron chi connectivity index (χ3n) is 5.08. The number of carbonyl (C=O) groups excluding carboxylic acids is 1. The number of rotatable bonds is 7. The molecule has 1 fully saturated rings. The Morgan fingerprint density at radius 2 is 1.89 bits per heavy atom. The average molecular weight is 384 g/mol. The Bertz CT molecular complexity index is 819. The fourth-order valence-corrected chi connectivity index (χ4v) is 3.32. The van der Waals surface area contributed by atoms with Gasteiger partial charge in [-0.3, -0.25) is 14.6 Å². The van der Waals surface area contributed by atoms with Crippen LogP contribution in [0, 0.1) is 0 Å². The molecule has 0 saturated carbocycles. The summed E-state index contributed by atoms with van der Waals surface area (Å²) in [6.07, 6.45) is 0.907. The maximum Gasteiger partial charge on any atom is 0.234 e. The van der Waals surface area contributed by atoms with Gasteiger partial charge in [-0.05, 0) is 25.0 Å². The van der Waals surface area contributed by atoms with Crippen LogP contribution in [0.2, 0.25) is 0 Å². The molecule has 5 N–H and O–H groups in total. The quantitative estimate of drug-likeness (QED) is 0.638. The standard InChI is InChI=1S/C19H28N8O/c1-3-14-6-4-5-7-15(14)22-19-24-16(23-18(21)25-19)12-26-8-10-27(11-9-26)13(2)17(20)28/h4-7,13H,3,8-12H2,1-2H3,(H2,20,28)(H3,21,22,23,24,25)/t13-/m1/s1. The van der Waals surface area contributed by atoms with E-state index in [0.717, 1.165) is 38.3 Å². The monoisotopic (exact) mass is 384 g/mol. The highest BCUT2D eigenvalue weighted by Gasteiger charge is 2.24. The van der Waals surface area contributed by atoms with E-state index in [4.69, 9.17) is 11.5 Å². The van der Waals surface area contributed by atoms with E-state index in [1.165, 1.54) is 5.56 Å². The number of aromatic nitrogens is 3. The molecule has 1 atom stereocenters. The summed E-state index contributed by atoms with van der Waals surface area (Å²) in [7, 11) is 0. The van der Waals surface area contributed by atoms with E-state index in [0.29, 0.717) is 18.3 Å². The molecule has 1 aliphatic heterocycles. The Balaban J connectivity index is 1.65. The van der Waals surface area contributed by atoms with Gasteiger partial charge in [-0.25, -0.2) is 0 Å². The molecule has 1 amide bonds. The van der Waals surface area contributed by atoms with Crippen LogP contribution in [0.15, 0.2) is 24.3 Å². The predicted octanol–water partition coefficient (Wildman–Crippen LogP) is 0.751. The molecule has 0 aliphatic carbocycles. The molecular formula is C19H28N8O. The number of nitrogen functional groups attached to an aromatic ring is 1. The van der Waals surface area contributed by atoms with Crippen molar-refractivity contribution in [2.45, 2.75) is 32.9 Å². The molecule has 150 valence electrons. The van der Waals surface area contributed by atoms with Gasteiger partial charge >= 0.3 is 0 Å². The summed E-state index contributed by atoms with van der Waals surface area (Å²) in [4.78, 5) is 28.7. The first kappa shape index (κ1) is 20.0. The van der Waals surface area contributed by atoms with Crippen LogP contribution >= 0.6 is 0 Å². The van der Waals surface area contributed by atoms with Crippen molar-refractivity contribution < 1.29 is 4.79 Å². The van der Waals surface area contributed by atoms with Crippen molar-refractivity contribution in [1.82, 2.24) is 24.8 Å². The minimum absolute atomic E-state index is 0.197. The van der Waals surface area contributed by atoms with E-state index < -0.39 is 0 Å². The molecule has 1 aromatic heterocycles. The number of nitrogens with zero attached hydrogens (tertiary/aromatic N) is 5. The van der Waals surface area contributed by atoms with E-state index >= 15 is 0 Å². The van der Waals surface area contributed by atoms with Crippen molar-refractivity contribution in [3.63, 3.8) is 0 Å². The summed E-state index contributed by atoms with van der Waals surface area (Å²) in [5, 5.41) is 3.26. The van der Waals surface area contributed by atoms with Crippen molar-refractivity contribution in [2.24, 2.45) is 5.73 Å². The van der Waals surface area contributed by atoms with Crippen LogP contribution in [0.1, 0.15) is 25.2 Å². The third-order valence-corrected chi connectivity index (χ3v) is 5.08. The van der Waals surface area contributed by atoms with Crippen molar-refractivity contribution in [3.05, 3.63) is 35.7 Å². The normalized spacial score (nSPS) is 16.6. The van der Waals surface area contributed by atoms with E-state index in [-0.39, 0.29) is 17.9 Å². The van der Waals surface area contributed by atoms with Gasteiger partial charge in [0.25, 0.3) is 0 Å². The first-order valence-corrected chi connectivity index (χ1v) is 9.57. The first-order valence-electron chi connectivity index (χ1n) is 9.57. The number of primary amides is 1. The van der Waals surface area contributed by atoms with E-state index in [9.17, 15) is 4.79 Å². The topological polar surface area (TPSA) is 126 Å². The maximum absolute atomic E-state index is 11.4. The number of amides is 1. The third kappa shape index (κ3) is 4.93. The van der Waals surface area contributed by atoms with E-state index in [1.54, 1.807) is 0 Å². The fourth-order valence-electron chi connectivity index (χ4n) is 3.32. The summed E-state index contributed by atoms with van der Waals surface area (Å²) in [5.74, 6) is 0.981. The maximum atomic E-state index is 11.4. The SMILES string of the molecule is CCc1ccccc1Nc1nc(N)nc(CN2CCN([C@H](C)C(N)=O)CC2)n1. The number of benzene rings is 1. The zero-order valence-corrected chi connectivity index (χ0v) is 16.4. The molecule has 1 saturated heterocycles. The zero-order chi connectivity index (χ0) is 20.1. The number of aryl methyl sites for hydroxylation is 1. The van der Waals surface area contributed by atoms with Gasteiger partial charge in [0.15, 0.2) is 0 Å². The van der Waals surface area contributed by atoms with Crippen molar-refractivity contribution in [3.8, 4) is 0 Å². The lowest BCUT2D eigenvalue weighted by Gasteiger charge is -2.36. The van der Waals surface area contributed by atoms with Gasteiger partial charge in [0, 0.05) is 31.9 Å². The van der Waals surface area contributed by atoms with Crippen LogP contribution in [0.5, 0.6) is 0 Å². The molecule has 0 spiro atoms. The molecule has 9 heteroatoms. The summed E-state index contributed by atoms with van der Waals surface area (Å²) >= 11 is 0. The summed E-state index contributed by atoms with van der Waals surface area (Å²) in [6.45, 7) is 7.70. The molecule has 1 aliphatic rings. The highest BCUT2D eigenvalue weighted by molar-refractivity contribution is 5.79. The first-order chi connectivity index (χ1) is 13.5. The molecule has 3 rings (SSSR count). The second kappa shape index (κ2) is 8.94. The van der Waals surface area contributed by atoms with Gasteiger partial charge in [-0.2, -0.15) is 15.0 Å². The van der Waals surface area contributed by atoms with Crippen LogP contribution in [0.4, 0.5) is 17.6 Å². The smallest absolute Gasteiger partial charge is 0.234 e. The number of piperazine rings is 1. The molecule has 0 radical (unpaired) electrons. The van der Waals surface area contributed by atoms with Crippen molar-refractivity contribution in [1.29, 1.82) is 0 Å². The summed E-state index contributed by atoms with van der Waals surface area (Å²) in [5.41, 5.74) is 13.5. The van der Waals surface area contributed by atoms with Gasteiger partial charge in [0.1, 0.15) is 5.82 Å². The van der Waals surface area contributed by atoms with Crippen LogP contribution in [-0.4, -0.2) is 62.9 Å². The molecular weight excluding hydrogens is 356 g/mol. The second-order valence-corrected chi connectivity index (χ2v) is 6.96. The number of hydrogen-bond donors (Lipinski definition) is 3. The Hall–Kier alpha value is -2.78. The number of nitrogens with one attached hydrogen (secondary N) is 1. The summed E-state index contributed by atoms with van der Waals surface area (Å²) < 4.78 is 0. The van der Waals surface area contributed by atoms with Crippen LogP contribution in [0.25, 0.3) is 0 Å². The van der Waals surface area contributed by atoms with Gasteiger partial charge in [0.2, 0.25) is 17.8 Å². The Labute approximate surface area is 165 Å². The number of nitrogens with two attached hydrogens (primary N) is 2. The van der Waals surface area contributed by atoms with E-state index in [2.05, 4.69) is 43.1 Å². The number of anilines is 3. The zero-order valence-electron chi connectivity index (χ0n) is 16.4. The molecule has 0 unspecified atom stereocenters. The van der Waals surface area contributed by atoms with Gasteiger partial charge in [-0.1, -0.05) is 25.1 Å². The number of carbonyl (C=O) groups is 1. The van der Waals surface area contributed by atoms with Gasteiger partial charge in [0.05, 0.1) is 12.6 Å². The Kier molecular flexibility index (Phi) is 6.37. The molecule has 2 aromatic rings. The molecule has 0 bridgehead atoms. The van der Waals surface area contributed by atoms with Crippen LogP contribution < -0.4 is 16.8 Å². The lowest BCUT2D eigenvalue weighted by Crippen LogP contribution is -2.52. The minimum Gasteiger partial charge on any atom is -0.368 e. The van der Waals surface area contributed by atoms with Crippen LogP contribution in [-0.2, 0) is 17.8 Å². The fraction of sp³-hybridized carbons (Fsp3) is 0.474. The number of hydrogen-bond acceptors (Lipinski definition) is 8. The predicted molar refractivity (Wildman–Crippen MR) is 109 cm³/mol. The highest BCUT2D eigenvalue weighted by atomic mass is 16.1. The minimum atomic E-state index is -0.290.